The average molecular weight is 382 g/mol. The van der Waals surface area contributed by atoms with Crippen molar-refractivity contribution in [2.75, 3.05) is 6.61 Å². The minimum atomic E-state index is -0.688. The SMILES string of the molecule is NC(=O)c1ccccc1OCC(=O)OCc1ccc(Br)cc1F. The molecule has 0 aliphatic rings. The van der Waals surface area contributed by atoms with Crippen LogP contribution < -0.4 is 10.5 Å². The molecule has 23 heavy (non-hydrogen) atoms. The van der Waals surface area contributed by atoms with Crippen molar-refractivity contribution in [2.24, 2.45) is 5.73 Å². The summed E-state index contributed by atoms with van der Waals surface area (Å²) in [5.74, 6) is -1.64. The molecule has 0 atom stereocenters. The van der Waals surface area contributed by atoms with E-state index in [0.29, 0.717) is 4.47 Å². The molecule has 2 aromatic rings. The molecule has 0 bridgehead atoms. The van der Waals surface area contributed by atoms with E-state index in [0.717, 1.165) is 0 Å². The number of benzene rings is 2. The predicted molar refractivity (Wildman–Crippen MR) is 84.4 cm³/mol. The van der Waals surface area contributed by atoms with Crippen LogP contribution in [0.1, 0.15) is 15.9 Å². The molecule has 7 heteroatoms. The average Bonchev–Trinajstić information content (AvgIpc) is 2.52. The van der Waals surface area contributed by atoms with E-state index < -0.39 is 24.3 Å². The second-order valence-corrected chi connectivity index (χ2v) is 5.46. The van der Waals surface area contributed by atoms with Crippen LogP contribution in [0.2, 0.25) is 0 Å². The number of ether oxygens (including phenoxy) is 2. The van der Waals surface area contributed by atoms with Crippen LogP contribution in [-0.2, 0) is 16.1 Å². The van der Waals surface area contributed by atoms with Crippen LogP contribution in [0.5, 0.6) is 5.75 Å². The Morgan fingerprint density at radius 1 is 1.17 bits per heavy atom. The first kappa shape index (κ1) is 17.0. The van der Waals surface area contributed by atoms with E-state index >= 15 is 0 Å². The van der Waals surface area contributed by atoms with E-state index in [2.05, 4.69) is 15.9 Å². The lowest BCUT2D eigenvalue weighted by Gasteiger charge is -2.10. The van der Waals surface area contributed by atoms with Crippen molar-refractivity contribution in [3.05, 3.63) is 63.9 Å². The second kappa shape index (κ2) is 7.73. The number of carbonyl (C=O) groups is 2. The third-order valence-corrected chi connectivity index (χ3v) is 3.40. The zero-order valence-electron chi connectivity index (χ0n) is 11.9. The number of nitrogens with two attached hydrogens (primary N) is 1. The number of para-hydroxylation sites is 1. The van der Waals surface area contributed by atoms with Gasteiger partial charge >= 0.3 is 5.97 Å². The highest BCUT2D eigenvalue weighted by Gasteiger charge is 2.12. The van der Waals surface area contributed by atoms with Crippen molar-refractivity contribution in [3.63, 3.8) is 0 Å². The Labute approximate surface area is 140 Å². The molecular weight excluding hydrogens is 369 g/mol. The summed E-state index contributed by atoms with van der Waals surface area (Å²) in [7, 11) is 0. The molecule has 5 nitrogen and oxygen atoms in total. The summed E-state index contributed by atoms with van der Waals surface area (Å²) in [4.78, 5) is 22.9. The Bertz CT molecular complexity index is 736. The molecular formula is C16H13BrFNO4. The van der Waals surface area contributed by atoms with Gasteiger partial charge in [0.15, 0.2) is 6.61 Å². The molecule has 120 valence electrons. The minimum Gasteiger partial charge on any atom is -0.481 e. The van der Waals surface area contributed by atoms with E-state index in [1.54, 1.807) is 18.2 Å². The van der Waals surface area contributed by atoms with Gasteiger partial charge in [0.2, 0.25) is 0 Å². The van der Waals surface area contributed by atoms with Crippen molar-refractivity contribution in [1.82, 2.24) is 0 Å². The van der Waals surface area contributed by atoms with Gasteiger partial charge in [-0.1, -0.05) is 34.1 Å². The van der Waals surface area contributed by atoms with Gasteiger partial charge in [-0.15, -0.1) is 0 Å². The fraction of sp³-hybridized carbons (Fsp3) is 0.125. The van der Waals surface area contributed by atoms with Crippen molar-refractivity contribution < 1.29 is 23.5 Å². The highest BCUT2D eigenvalue weighted by molar-refractivity contribution is 9.10. The number of hydrogen-bond acceptors (Lipinski definition) is 4. The largest absolute Gasteiger partial charge is 0.481 e. The third-order valence-electron chi connectivity index (χ3n) is 2.90. The van der Waals surface area contributed by atoms with Crippen LogP contribution in [0.25, 0.3) is 0 Å². The maximum absolute atomic E-state index is 13.6. The maximum atomic E-state index is 13.6. The zero-order chi connectivity index (χ0) is 16.8. The number of amides is 1. The normalized spacial score (nSPS) is 10.2. The van der Waals surface area contributed by atoms with Crippen LogP contribution >= 0.6 is 15.9 Å². The van der Waals surface area contributed by atoms with Crippen LogP contribution in [0.4, 0.5) is 4.39 Å². The number of rotatable bonds is 6. The predicted octanol–water partition coefficient (Wildman–Crippen LogP) is 2.81. The Balaban J connectivity index is 1.90. The Kier molecular flexibility index (Phi) is 5.70. The summed E-state index contributed by atoms with van der Waals surface area (Å²) in [6, 6.07) is 10.7. The molecule has 0 radical (unpaired) electrons. The number of primary amides is 1. The second-order valence-electron chi connectivity index (χ2n) is 4.55. The van der Waals surface area contributed by atoms with Gasteiger partial charge < -0.3 is 15.2 Å². The van der Waals surface area contributed by atoms with Gasteiger partial charge in [0.05, 0.1) is 5.56 Å². The van der Waals surface area contributed by atoms with Crippen molar-refractivity contribution >= 4 is 27.8 Å². The monoisotopic (exact) mass is 381 g/mol. The molecule has 0 heterocycles. The van der Waals surface area contributed by atoms with Crippen LogP contribution in [0, 0.1) is 5.82 Å². The minimum absolute atomic E-state index is 0.166. The molecule has 2 aromatic carbocycles. The first-order valence-corrected chi connectivity index (χ1v) is 7.38. The molecule has 0 unspecified atom stereocenters. The maximum Gasteiger partial charge on any atom is 0.344 e. The summed E-state index contributed by atoms with van der Waals surface area (Å²) < 4.78 is 24.3. The van der Waals surface area contributed by atoms with Crippen molar-refractivity contribution in [3.8, 4) is 5.75 Å². The molecule has 0 aromatic heterocycles. The van der Waals surface area contributed by atoms with Gasteiger partial charge in [0.1, 0.15) is 18.2 Å². The lowest BCUT2D eigenvalue weighted by atomic mass is 10.2. The Morgan fingerprint density at radius 2 is 1.91 bits per heavy atom. The standard InChI is InChI=1S/C16H13BrFNO4/c17-11-6-5-10(13(18)7-11)8-23-15(20)9-22-14-4-2-1-3-12(14)16(19)21/h1-7H,8-9H2,(H2,19,21). The molecule has 0 fully saturated rings. The third kappa shape index (κ3) is 4.79. The fourth-order valence-electron chi connectivity index (χ4n) is 1.77. The number of carbonyl (C=O) groups excluding carboxylic acids is 2. The van der Waals surface area contributed by atoms with Crippen LogP contribution in [-0.4, -0.2) is 18.5 Å². The van der Waals surface area contributed by atoms with Gasteiger partial charge in [-0.2, -0.15) is 0 Å². The highest BCUT2D eigenvalue weighted by Crippen LogP contribution is 2.18. The van der Waals surface area contributed by atoms with Crippen LogP contribution in [0.15, 0.2) is 46.9 Å². The van der Waals surface area contributed by atoms with E-state index in [1.165, 1.54) is 24.3 Å². The smallest absolute Gasteiger partial charge is 0.344 e. The number of esters is 1. The number of hydrogen-bond donors (Lipinski definition) is 1. The first-order valence-electron chi connectivity index (χ1n) is 6.58. The van der Waals surface area contributed by atoms with Crippen molar-refractivity contribution in [2.45, 2.75) is 6.61 Å². The lowest BCUT2D eigenvalue weighted by Crippen LogP contribution is -2.18. The molecule has 1 amide bonds. The lowest BCUT2D eigenvalue weighted by molar-refractivity contribution is -0.147. The fourth-order valence-corrected chi connectivity index (χ4v) is 2.10. The molecule has 0 spiro atoms. The summed E-state index contributed by atoms with van der Waals surface area (Å²) in [5.41, 5.74) is 5.62. The summed E-state index contributed by atoms with van der Waals surface area (Å²) in [6.45, 7) is -0.624. The Hall–Kier alpha value is -2.41. The summed E-state index contributed by atoms with van der Waals surface area (Å²) >= 11 is 3.14. The molecule has 0 aliphatic carbocycles. The topological polar surface area (TPSA) is 78.6 Å². The van der Waals surface area contributed by atoms with Gasteiger partial charge in [0, 0.05) is 10.0 Å². The van der Waals surface area contributed by atoms with Gasteiger partial charge in [-0.05, 0) is 24.3 Å². The van der Waals surface area contributed by atoms with Gasteiger partial charge in [-0.3, -0.25) is 4.79 Å². The highest BCUT2D eigenvalue weighted by atomic mass is 79.9. The van der Waals surface area contributed by atoms with Crippen LogP contribution in [0.3, 0.4) is 0 Å². The molecule has 0 saturated carbocycles. The Morgan fingerprint density at radius 3 is 2.61 bits per heavy atom. The summed E-state index contributed by atoms with van der Waals surface area (Å²) in [6.07, 6.45) is 0. The van der Waals surface area contributed by atoms with E-state index in [4.69, 9.17) is 15.2 Å². The van der Waals surface area contributed by atoms with E-state index in [-0.39, 0.29) is 23.5 Å². The molecule has 2 rings (SSSR count). The molecule has 0 saturated heterocycles. The number of halogens is 2. The van der Waals surface area contributed by atoms with E-state index in [9.17, 15) is 14.0 Å². The zero-order valence-corrected chi connectivity index (χ0v) is 13.5. The quantitative estimate of drug-likeness (QED) is 0.780. The first-order chi connectivity index (χ1) is 11.0. The molecule has 0 aliphatic heterocycles. The van der Waals surface area contributed by atoms with Gasteiger partial charge in [0.25, 0.3) is 5.91 Å². The van der Waals surface area contributed by atoms with Gasteiger partial charge in [-0.25, -0.2) is 9.18 Å². The van der Waals surface area contributed by atoms with E-state index in [1.807, 2.05) is 0 Å². The molecule has 2 N–H and O–H groups in total. The summed E-state index contributed by atoms with van der Waals surface area (Å²) in [5, 5.41) is 0. The van der Waals surface area contributed by atoms with Crippen molar-refractivity contribution in [1.29, 1.82) is 0 Å².